The molecule has 0 fully saturated rings. The Bertz CT molecular complexity index is 331. The Morgan fingerprint density at radius 3 is 1.50 bits per heavy atom. The molecule has 1 atom stereocenters. The van der Waals surface area contributed by atoms with E-state index in [4.69, 9.17) is 11.5 Å². The summed E-state index contributed by atoms with van der Waals surface area (Å²) >= 11 is 0. The predicted octanol–water partition coefficient (Wildman–Crippen LogP) is 6.70. The Labute approximate surface area is 189 Å². The van der Waals surface area contributed by atoms with Crippen LogP contribution < -0.4 is 16.8 Å². The van der Waals surface area contributed by atoms with Gasteiger partial charge in [0.25, 0.3) is 0 Å². The number of nitrogens with one attached hydrogen (secondary N) is 1. The zero-order valence-electron chi connectivity index (χ0n) is 21.2. The molecule has 4 nitrogen and oxygen atoms in total. The molecule has 0 radical (unpaired) electrons. The lowest BCUT2D eigenvalue weighted by Gasteiger charge is -2.11. The lowest BCUT2D eigenvalue weighted by atomic mass is 10.0. The molecule has 0 saturated carbocycles. The zero-order valence-corrected chi connectivity index (χ0v) is 21.2. The molecule has 0 aliphatic carbocycles. The molecule has 0 aliphatic rings. The van der Waals surface area contributed by atoms with Gasteiger partial charge in [0.15, 0.2) is 0 Å². The van der Waals surface area contributed by atoms with Crippen LogP contribution in [0.5, 0.6) is 0 Å². The van der Waals surface area contributed by atoms with E-state index in [9.17, 15) is 4.79 Å². The van der Waals surface area contributed by atoms with E-state index in [2.05, 4.69) is 33.0 Å². The van der Waals surface area contributed by atoms with Gasteiger partial charge >= 0.3 is 0 Å². The minimum Gasteiger partial charge on any atom is -0.355 e. The van der Waals surface area contributed by atoms with Crippen molar-refractivity contribution in [2.45, 2.75) is 143 Å². The Balaban J connectivity index is 0. The summed E-state index contributed by atoms with van der Waals surface area (Å²) in [6, 6.07) is -0.367. The van der Waals surface area contributed by atoms with Gasteiger partial charge in [-0.25, -0.2) is 0 Å². The second-order valence-corrected chi connectivity index (χ2v) is 9.51. The van der Waals surface area contributed by atoms with E-state index in [1.807, 2.05) is 0 Å². The molecule has 0 aromatic rings. The average molecular weight is 428 g/mol. The minimum absolute atomic E-state index is 0.00304. The summed E-state index contributed by atoms with van der Waals surface area (Å²) in [6.45, 7) is 10.2. The number of rotatable bonds is 20. The van der Waals surface area contributed by atoms with Gasteiger partial charge in [-0.3, -0.25) is 4.79 Å². The first-order valence-corrected chi connectivity index (χ1v) is 13.2. The summed E-state index contributed by atoms with van der Waals surface area (Å²) in [6.07, 6.45) is 21.6. The highest BCUT2D eigenvalue weighted by molar-refractivity contribution is 5.81. The van der Waals surface area contributed by atoms with E-state index in [0.29, 0.717) is 6.54 Å². The van der Waals surface area contributed by atoms with Gasteiger partial charge in [-0.2, -0.15) is 0 Å². The molecular formula is C26H57N3O. The maximum Gasteiger partial charge on any atom is 0.236 e. The molecule has 4 heteroatoms. The molecule has 30 heavy (non-hydrogen) atoms. The van der Waals surface area contributed by atoms with Crippen LogP contribution in [-0.4, -0.2) is 25.0 Å². The van der Waals surface area contributed by atoms with Crippen LogP contribution in [0, 0.1) is 5.92 Å². The third kappa shape index (κ3) is 29.6. The Morgan fingerprint density at radius 2 is 1.10 bits per heavy atom. The topological polar surface area (TPSA) is 81.1 Å². The summed E-state index contributed by atoms with van der Waals surface area (Å²) in [4.78, 5) is 11.8. The van der Waals surface area contributed by atoms with Gasteiger partial charge < -0.3 is 16.8 Å². The van der Waals surface area contributed by atoms with Crippen molar-refractivity contribution in [1.29, 1.82) is 0 Å². The van der Waals surface area contributed by atoms with Crippen LogP contribution in [-0.2, 0) is 4.79 Å². The molecule has 0 saturated heterocycles. The highest BCUT2D eigenvalue weighted by atomic mass is 16.2. The van der Waals surface area contributed by atoms with E-state index in [1.54, 1.807) is 0 Å². The molecule has 0 bridgehead atoms. The van der Waals surface area contributed by atoms with Crippen LogP contribution in [0.1, 0.15) is 137 Å². The number of carbonyl (C=O) groups is 1. The predicted molar refractivity (Wildman–Crippen MR) is 135 cm³/mol. The number of hydrogen-bond donors (Lipinski definition) is 3. The zero-order chi connectivity index (χ0) is 22.9. The van der Waals surface area contributed by atoms with E-state index in [1.165, 1.54) is 83.5 Å². The molecule has 182 valence electrons. The SMILES string of the molecule is CC(C)C.CCCCCCCCCCCCCCCCNC(=O)[C@@H](N)CCCCN. The third-order valence-corrected chi connectivity index (χ3v) is 5.14. The molecule has 0 aromatic carbocycles. The maximum absolute atomic E-state index is 11.8. The highest BCUT2D eigenvalue weighted by Crippen LogP contribution is 2.12. The van der Waals surface area contributed by atoms with E-state index in [-0.39, 0.29) is 11.9 Å². The second kappa shape index (κ2) is 26.4. The number of nitrogens with two attached hydrogens (primary N) is 2. The lowest BCUT2D eigenvalue weighted by Crippen LogP contribution is -2.40. The van der Waals surface area contributed by atoms with E-state index >= 15 is 0 Å². The van der Waals surface area contributed by atoms with Crippen LogP contribution >= 0.6 is 0 Å². The van der Waals surface area contributed by atoms with Gasteiger partial charge in [-0.15, -0.1) is 0 Å². The molecule has 0 aromatic heterocycles. The van der Waals surface area contributed by atoms with Crippen molar-refractivity contribution < 1.29 is 4.79 Å². The first-order chi connectivity index (χ1) is 14.5. The number of hydrogen-bond acceptors (Lipinski definition) is 3. The summed E-state index contributed by atoms with van der Waals surface area (Å²) in [5.41, 5.74) is 11.3. The molecule has 0 rings (SSSR count). The summed E-state index contributed by atoms with van der Waals surface area (Å²) in [5.74, 6) is 0.830. The first kappa shape index (κ1) is 31.6. The van der Waals surface area contributed by atoms with Gasteiger partial charge in [-0.05, 0) is 31.7 Å². The Kier molecular flexibility index (Phi) is 27.8. The Morgan fingerprint density at radius 1 is 0.700 bits per heavy atom. The minimum atomic E-state index is -0.367. The fraction of sp³-hybridized carbons (Fsp3) is 0.962. The molecular weight excluding hydrogens is 370 g/mol. The molecule has 1 amide bonds. The molecule has 0 spiro atoms. The van der Waals surface area contributed by atoms with E-state index in [0.717, 1.165) is 38.1 Å². The molecule has 0 heterocycles. The van der Waals surface area contributed by atoms with Crippen LogP contribution in [0.15, 0.2) is 0 Å². The van der Waals surface area contributed by atoms with Gasteiger partial charge in [0, 0.05) is 6.54 Å². The van der Waals surface area contributed by atoms with Crippen LogP contribution in [0.25, 0.3) is 0 Å². The molecule has 0 aliphatic heterocycles. The largest absolute Gasteiger partial charge is 0.355 e. The quantitative estimate of drug-likeness (QED) is 0.189. The summed E-state index contributed by atoms with van der Waals surface area (Å²) < 4.78 is 0. The van der Waals surface area contributed by atoms with E-state index < -0.39 is 0 Å². The third-order valence-electron chi connectivity index (χ3n) is 5.14. The van der Waals surface area contributed by atoms with Crippen molar-refractivity contribution in [3.63, 3.8) is 0 Å². The van der Waals surface area contributed by atoms with Crippen molar-refractivity contribution in [2.75, 3.05) is 13.1 Å². The summed E-state index contributed by atoms with van der Waals surface area (Å²) in [7, 11) is 0. The van der Waals surface area contributed by atoms with Crippen molar-refractivity contribution in [2.24, 2.45) is 17.4 Å². The summed E-state index contributed by atoms with van der Waals surface area (Å²) in [5, 5.41) is 2.96. The van der Waals surface area contributed by atoms with Gasteiger partial charge in [-0.1, -0.05) is 118 Å². The first-order valence-electron chi connectivity index (χ1n) is 13.2. The average Bonchev–Trinajstić information content (AvgIpc) is 2.70. The maximum atomic E-state index is 11.8. The second-order valence-electron chi connectivity index (χ2n) is 9.51. The lowest BCUT2D eigenvalue weighted by molar-refractivity contribution is -0.122. The number of unbranched alkanes of at least 4 members (excludes halogenated alkanes) is 14. The molecule has 5 N–H and O–H groups in total. The van der Waals surface area contributed by atoms with Crippen molar-refractivity contribution in [3.8, 4) is 0 Å². The standard InChI is InChI=1S/C22H47N3O.C4H10/c1-2-3-4-5-6-7-8-9-10-11-12-13-14-17-20-25-22(26)21(24)18-15-16-19-23;1-4(2)3/h21H,2-20,23-24H2,1H3,(H,25,26);4H,1-3H3/t21-;/m0./s1. The van der Waals surface area contributed by atoms with Crippen molar-refractivity contribution in [1.82, 2.24) is 5.32 Å². The van der Waals surface area contributed by atoms with Crippen LogP contribution in [0.4, 0.5) is 0 Å². The Hall–Kier alpha value is -0.610. The molecule has 0 unspecified atom stereocenters. The van der Waals surface area contributed by atoms with Crippen LogP contribution in [0.2, 0.25) is 0 Å². The smallest absolute Gasteiger partial charge is 0.236 e. The monoisotopic (exact) mass is 427 g/mol. The van der Waals surface area contributed by atoms with Crippen molar-refractivity contribution >= 4 is 5.91 Å². The van der Waals surface area contributed by atoms with Gasteiger partial charge in [0.1, 0.15) is 0 Å². The van der Waals surface area contributed by atoms with Gasteiger partial charge in [0.05, 0.1) is 6.04 Å². The van der Waals surface area contributed by atoms with Crippen molar-refractivity contribution in [3.05, 3.63) is 0 Å². The van der Waals surface area contributed by atoms with Gasteiger partial charge in [0.2, 0.25) is 5.91 Å². The number of carbonyl (C=O) groups excluding carboxylic acids is 1. The number of amides is 1. The fourth-order valence-corrected chi connectivity index (χ4v) is 3.30. The van der Waals surface area contributed by atoms with Crippen LogP contribution in [0.3, 0.4) is 0 Å². The normalized spacial score (nSPS) is 11.8. The fourth-order valence-electron chi connectivity index (χ4n) is 3.30. The highest BCUT2D eigenvalue weighted by Gasteiger charge is 2.11.